The highest BCUT2D eigenvalue weighted by Gasteiger charge is 2.46. The fourth-order valence-electron chi connectivity index (χ4n) is 5.90. The lowest BCUT2D eigenvalue weighted by molar-refractivity contribution is -0.140. The van der Waals surface area contributed by atoms with Crippen LogP contribution in [0.5, 0.6) is 11.5 Å². The summed E-state index contributed by atoms with van der Waals surface area (Å²) in [4.78, 5) is -1.65. The molecule has 1 N–H and O–H groups in total. The Bertz CT molecular complexity index is 2280. The molecule has 2 unspecified atom stereocenters. The van der Waals surface area contributed by atoms with E-state index < -0.39 is 80.3 Å². The van der Waals surface area contributed by atoms with Crippen molar-refractivity contribution in [1.29, 1.82) is 0 Å². The van der Waals surface area contributed by atoms with Crippen LogP contribution in [0.1, 0.15) is 31.9 Å². The Morgan fingerprint density at radius 1 is 0.649 bits per heavy atom. The van der Waals surface area contributed by atoms with Crippen molar-refractivity contribution in [1.82, 2.24) is 0 Å². The number of fused-ring (bicyclic) bond motifs is 2. The van der Waals surface area contributed by atoms with Gasteiger partial charge in [0.2, 0.25) is 0 Å². The third-order valence-electron chi connectivity index (χ3n) is 9.84. The number of nitrogens with zero attached hydrogens (tertiary/aromatic N) is 2. The molecule has 0 saturated heterocycles. The first kappa shape index (κ1) is 43.8. The highest BCUT2D eigenvalue weighted by atomic mass is 32.2. The van der Waals surface area contributed by atoms with Crippen LogP contribution in [0.2, 0.25) is 18.1 Å². The summed E-state index contributed by atoms with van der Waals surface area (Å²) < 4.78 is 153. The van der Waals surface area contributed by atoms with Gasteiger partial charge in [0.1, 0.15) is 36.8 Å². The Kier molecular flexibility index (Phi) is 12.4. The third-order valence-corrected chi connectivity index (χ3v) is 18.2. The van der Waals surface area contributed by atoms with Gasteiger partial charge in [0, 0.05) is 0 Å². The first-order chi connectivity index (χ1) is 26.4. The molecule has 2 aliphatic rings. The van der Waals surface area contributed by atoms with Crippen molar-refractivity contribution in [2.45, 2.75) is 73.1 Å². The van der Waals surface area contributed by atoms with Gasteiger partial charge in [0.25, 0.3) is 20.0 Å². The monoisotopic (exact) mass is 860 g/mol. The summed E-state index contributed by atoms with van der Waals surface area (Å²) in [6.45, 7) is 9.45. The van der Waals surface area contributed by atoms with E-state index in [0.717, 1.165) is 32.9 Å². The molecular formula is C38H42F6N2O8S2Si. The number of para-hydroxylation sites is 4. The van der Waals surface area contributed by atoms with Gasteiger partial charge in [-0.05, 0) is 66.7 Å². The molecule has 4 aromatic carbocycles. The van der Waals surface area contributed by atoms with Gasteiger partial charge in [-0.3, -0.25) is 8.61 Å². The van der Waals surface area contributed by atoms with E-state index in [9.17, 15) is 48.3 Å². The quantitative estimate of drug-likeness (QED) is 0.139. The first-order valence-corrected chi connectivity index (χ1v) is 23.3. The van der Waals surface area contributed by atoms with Gasteiger partial charge in [-0.2, -0.15) is 26.3 Å². The van der Waals surface area contributed by atoms with Crippen LogP contribution in [0, 0.1) is 0 Å². The zero-order valence-corrected chi connectivity index (χ0v) is 34.1. The molecule has 10 nitrogen and oxygen atoms in total. The fourth-order valence-corrected chi connectivity index (χ4v) is 10.6. The second kappa shape index (κ2) is 16.2. The van der Waals surface area contributed by atoms with Crippen LogP contribution >= 0.6 is 0 Å². The van der Waals surface area contributed by atoms with Gasteiger partial charge < -0.3 is 19.0 Å². The second-order valence-corrected chi connectivity index (χ2v) is 23.1. The predicted octanol–water partition coefficient (Wildman–Crippen LogP) is 8.34. The van der Waals surface area contributed by atoms with Crippen molar-refractivity contribution in [3.8, 4) is 11.5 Å². The molecule has 2 aliphatic heterocycles. The number of anilines is 2. The van der Waals surface area contributed by atoms with Gasteiger partial charge in [0.05, 0.1) is 45.5 Å². The Balaban J connectivity index is 0.000000224. The van der Waals surface area contributed by atoms with Crippen LogP contribution in [0.25, 0.3) is 0 Å². The maximum Gasteiger partial charge on any atom is 0.417 e. The summed E-state index contributed by atoms with van der Waals surface area (Å²) in [5.41, 5.74) is -2.17. The second-order valence-electron chi connectivity index (χ2n) is 14.7. The van der Waals surface area contributed by atoms with E-state index >= 15 is 0 Å². The van der Waals surface area contributed by atoms with E-state index in [0.29, 0.717) is 11.8 Å². The van der Waals surface area contributed by atoms with Gasteiger partial charge in [-0.25, -0.2) is 16.8 Å². The lowest BCUT2D eigenvalue weighted by Crippen LogP contribution is -2.52. The molecule has 0 bridgehead atoms. The number of hydrogen-bond acceptors (Lipinski definition) is 8. The molecule has 0 spiro atoms. The highest BCUT2D eigenvalue weighted by Crippen LogP contribution is 2.44. The number of hydrogen-bond donors (Lipinski definition) is 1. The normalized spacial score (nSPS) is 17.7. The van der Waals surface area contributed by atoms with Crippen LogP contribution < -0.4 is 18.1 Å². The maximum absolute atomic E-state index is 13.7. The minimum atomic E-state index is -4.83. The topological polar surface area (TPSA) is 123 Å². The van der Waals surface area contributed by atoms with Crippen LogP contribution in [0.4, 0.5) is 37.7 Å². The van der Waals surface area contributed by atoms with E-state index in [-0.39, 0.29) is 42.0 Å². The van der Waals surface area contributed by atoms with Crippen molar-refractivity contribution in [3.63, 3.8) is 0 Å². The molecule has 2 heterocycles. The van der Waals surface area contributed by atoms with Gasteiger partial charge in [-0.15, -0.1) is 0 Å². The summed E-state index contributed by atoms with van der Waals surface area (Å²) in [6, 6.07) is 18.9. The van der Waals surface area contributed by atoms with Crippen molar-refractivity contribution >= 4 is 39.7 Å². The number of ether oxygens (including phenoxy) is 2. The molecule has 2 atom stereocenters. The first-order valence-electron chi connectivity index (χ1n) is 17.5. The summed E-state index contributed by atoms with van der Waals surface area (Å²) >= 11 is 0. The van der Waals surface area contributed by atoms with Gasteiger partial charge in [0.15, 0.2) is 8.32 Å². The molecule has 57 heavy (non-hydrogen) atoms. The average Bonchev–Trinajstić information content (AvgIpc) is 3.15. The molecule has 0 amide bonds. The van der Waals surface area contributed by atoms with Crippen LogP contribution in [0.3, 0.4) is 0 Å². The molecular weight excluding hydrogens is 819 g/mol. The van der Waals surface area contributed by atoms with Crippen molar-refractivity contribution in [2.75, 3.05) is 35.0 Å². The van der Waals surface area contributed by atoms with E-state index in [1.807, 2.05) is 13.1 Å². The van der Waals surface area contributed by atoms with Crippen molar-refractivity contribution in [2.24, 2.45) is 0 Å². The van der Waals surface area contributed by atoms with E-state index in [1.165, 1.54) is 36.4 Å². The van der Waals surface area contributed by atoms with E-state index in [1.54, 1.807) is 30.3 Å². The maximum atomic E-state index is 13.7. The van der Waals surface area contributed by atoms with Gasteiger partial charge >= 0.3 is 12.4 Å². The molecule has 0 saturated carbocycles. The summed E-state index contributed by atoms with van der Waals surface area (Å²) in [5.74, 6) is 0.518. The molecule has 4 aromatic rings. The molecule has 6 rings (SSSR count). The standard InChI is InChI=1S/C22H28F3NO4SSi.C16H14F3NO4S/c1-21(2,3)32(4,5)30-15-16-14-29-19-12-8-7-11-18(19)26(16)31(27,28)20-13-9-6-10-17(20)22(23,24)25;17-16(18,19)12-5-1-4-8-15(12)25(22,23)20-11(9-21)10-24-14-7-3-2-6-13(14)20/h6-13,16H,14-15H2,1-5H3;1-8,11,21H,9-10H2. The van der Waals surface area contributed by atoms with Crippen LogP contribution in [-0.4, -0.2) is 68.8 Å². The lowest BCUT2D eigenvalue weighted by Gasteiger charge is -2.41. The largest absolute Gasteiger partial charge is 0.489 e. The highest BCUT2D eigenvalue weighted by molar-refractivity contribution is 7.93. The van der Waals surface area contributed by atoms with Crippen molar-refractivity contribution < 1.29 is 62.2 Å². The smallest absolute Gasteiger partial charge is 0.417 e. The SMILES string of the molecule is CC(C)(C)[Si](C)(C)OCC1COc2ccccc2N1S(=O)(=O)c1ccccc1C(F)(F)F.O=S(=O)(c1ccccc1C(F)(F)F)N1c2ccccc2OCC1CO. The number of halogens is 6. The van der Waals surface area contributed by atoms with Crippen LogP contribution in [-0.2, 0) is 36.8 Å². The van der Waals surface area contributed by atoms with Gasteiger partial charge in [-0.1, -0.05) is 69.3 Å². The fraction of sp³-hybridized carbons (Fsp3) is 0.368. The molecule has 0 aliphatic carbocycles. The Morgan fingerprint density at radius 3 is 1.42 bits per heavy atom. The van der Waals surface area contributed by atoms with Crippen molar-refractivity contribution in [3.05, 3.63) is 108 Å². The molecule has 310 valence electrons. The Labute approximate surface area is 328 Å². The zero-order valence-electron chi connectivity index (χ0n) is 31.5. The average molecular weight is 861 g/mol. The third kappa shape index (κ3) is 9.06. The number of aliphatic hydroxyl groups is 1. The van der Waals surface area contributed by atoms with E-state index in [4.69, 9.17) is 13.9 Å². The number of aliphatic hydroxyl groups excluding tert-OH is 1. The minimum absolute atomic E-state index is 0.0121. The number of benzene rings is 4. The summed E-state index contributed by atoms with van der Waals surface area (Å²) in [7, 11) is -11.4. The minimum Gasteiger partial charge on any atom is -0.489 e. The predicted molar refractivity (Wildman–Crippen MR) is 204 cm³/mol. The molecule has 19 heteroatoms. The number of rotatable bonds is 8. The molecule has 0 aromatic heterocycles. The number of sulfonamides is 2. The molecule has 0 fully saturated rings. The lowest BCUT2D eigenvalue weighted by atomic mass is 10.2. The van der Waals surface area contributed by atoms with Crippen LogP contribution in [0.15, 0.2) is 107 Å². The Morgan fingerprint density at radius 2 is 1.02 bits per heavy atom. The van der Waals surface area contributed by atoms with E-state index in [2.05, 4.69) is 20.8 Å². The number of alkyl halides is 6. The Hall–Kier alpha value is -4.30. The summed E-state index contributed by atoms with van der Waals surface area (Å²) in [5, 5.41) is 9.40. The zero-order chi connectivity index (χ0) is 42.2. The molecule has 0 radical (unpaired) electrons. The summed E-state index contributed by atoms with van der Waals surface area (Å²) in [6.07, 6.45) is -9.65.